The van der Waals surface area contributed by atoms with E-state index in [9.17, 15) is 19.1 Å². The van der Waals surface area contributed by atoms with Gasteiger partial charge in [0, 0.05) is 18.1 Å². The van der Waals surface area contributed by atoms with Crippen LogP contribution in [-0.4, -0.2) is 22.8 Å². The van der Waals surface area contributed by atoms with Gasteiger partial charge >= 0.3 is 5.97 Å². The van der Waals surface area contributed by atoms with Crippen LogP contribution >= 0.6 is 0 Å². The van der Waals surface area contributed by atoms with Gasteiger partial charge in [-0.3, -0.25) is 4.79 Å². The van der Waals surface area contributed by atoms with Crippen molar-refractivity contribution in [1.82, 2.24) is 4.57 Å². The van der Waals surface area contributed by atoms with E-state index in [4.69, 9.17) is 4.74 Å². The van der Waals surface area contributed by atoms with E-state index in [0.717, 1.165) is 11.6 Å². The topological polar surface area (TPSA) is 68.5 Å². The average molecular weight is 327 g/mol. The second kappa shape index (κ2) is 6.16. The third kappa shape index (κ3) is 2.86. The van der Waals surface area contributed by atoms with Gasteiger partial charge in [0.1, 0.15) is 17.1 Å². The van der Waals surface area contributed by atoms with Crippen LogP contribution in [0.2, 0.25) is 0 Å². The van der Waals surface area contributed by atoms with Crippen molar-refractivity contribution in [3.63, 3.8) is 0 Å². The van der Waals surface area contributed by atoms with Crippen LogP contribution in [0.5, 0.6) is 5.75 Å². The van der Waals surface area contributed by atoms with Crippen LogP contribution < -0.4 is 10.2 Å². The minimum absolute atomic E-state index is 0.0448. The number of hydrogen-bond donors (Lipinski definition) is 1. The number of methoxy groups -OCH3 is 1. The average Bonchev–Trinajstić information content (AvgIpc) is 2.57. The monoisotopic (exact) mass is 327 g/mol. The fraction of sp³-hybridized carbons (Fsp3) is 0.111. The molecule has 0 fully saturated rings. The Morgan fingerprint density at radius 2 is 1.92 bits per heavy atom. The Balaban J connectivity index is 2.16. The molecule has 0 aliphatic rings. The number of rotatable bonds is 4. The van der Waals surface area contributed by atoms with Crippen molar-refractivity contribution < 1.29 is 19.0 Å². The third-order valence-corrected chi connectivity index (χ3v) is 3.78. The molecule has 122 valence electrons. The lowest BCUT2D eigenvalue weighted by molar-refractivity contribution is 0.0695. The summed E-state index contributed by atoms with van der Waals surface area (Å²) in [6.45, 7) is 0.340. The molecule has 1 aromatic heterocycles. The fourth-order valence-electron chi connectivity index (χ4n) is 2.58. The Morgan fingerprint density at radius 1 is 1.21 bits per heavy atom. The summed E-state index contributed by atoms with van der Waals surface area (Å²) in [5.41, 5.74) is 0.285. The number of fused-ring (bicyclic) bond motifs is 1. The second-order valence-corrected chi connectivity index (χ2v) is 5.31. The lowest BCUT2D eigenvalue weighted by Crippen LogP contribution is -2.19. The van der Waals surface area contributed by atoms with Crippen LogP contribution in [0.15, 0.2) is 53.5 Å². The SMILES string of the molecule is COc1ccc(Cn2cc(C(=O)O)c(=O)c3cc(F)ccc32)cc1. The van der Waals surface area contributed by atoms with Crippen molar-refractivity contribution in [3.8, 4) is 5.75 Å². The molecule has 0 aliphatic heterocycles. The van der Waals surface area contributed by atoms with E-state index in [1.165, 1.54) is 18.3 Å². The summed E-state index contributed by atoms with van der Waals surface area (Å²) in [6.07, 6.45) is 1.29. The third-order valence-electron chi connectivity index (χ3n) is 3.78. The molecule has 24 heavy (non-hydrogen) atoms. The van der Waals surface area contributed by atoms with Gasteiger partial charge in [0.2, 0.25) is 5.43 Å². The van der Waals surface area contributed by atoms with E-state index in [0.29, 0.717) is 17.8 Å². The number of halogens is 1. The van der Waals surface area contributed by atoms with Gasteiger partial charge in [-0.2, -0.15) is 0 Å². The first-order chi connectivity index (χ1) is 11.5. The molecule has 0 radical (unpaired) electrons. The van der Waals surface area contributed by atoms with Gasteiger partial charge in [-0.05, 0) is 35.9 Å². The van der Waals surface area contributed by atoms with E-state index >= 15 is 0 Å². The molecule has 0 saturated carbocycles. The zero-order valence-corrected chi connectivity index (χ0v) is 12.8. The molecule has 3 aromatic rings. The molecule has 3 rings (SSSR count). The minimum Gasteiger partial charge on any atom is -0.497 e. The number of benzene rings is 2. The molecule has 6 heteroatoms. The highest BCUT2D eigenvalue weighted by atomic mass is 19.1. The summed E-state index contributed by atoms with van der Waals surface area (Å²) < 4.78 is 20.2. The first kappa shape index (κ1) is 15.7. The number of aromatic carboxylic acids is 1. The fourth-order valence-corrected chi connectivity index (χ4v) is 2.58. The molecule has 2 aromatic carbocycles. The van der Waals surface area contributed by atoms with Crippen molar-refractivity contribution >= 4 is 16.9 Å². The largest absolute Gasteiger partial charge is 0.497 e. The first-order valence-corrected chi connectivity index (χ1v) is 7.18. The van der Waals surface area contributed by atoms with Crippen LogP contribution in [0.1, 0.15) is 15.9 Å². The van der Waals surface area contributed by atoms with Gasteiger partial charge < -0.3 is 14.4 Å². The lowest BCUT2D eigenvalue weighted by atomic mass is 10.1. The Bertz CT molecular complexity index is 977. The Hall–Kier alpha value is -3.15. The molecule has 5 nitrogen and oxygen atoms in total. The zero-order chi connectivity index (χ0) is 17.3. The highest BCUT2D eigenvalue weighted by Crippen LogP contribution is 2.17. The van der Waals surface area contributed by atoms with E-state index < -0.39 is 17.2 Å². The van der Waals surface area contributed by atoms with E-state index in [1.807, 2.05) is 12.1 Å². The maximum absolute atomic E-state index is 13.5. The maximum Gasteiger partial charge on any atom is 0.341 e. The molecule has 0 saturated heterocycles. The normalized spacial score (nSPS) is 10.8. The standard InChI is InChI=1S/C18H14FNO4/c1-24-13-5-2-11(3-6-13)9-20-10-15(18(22)23)17(21)14-8-12(19)4-7-16(14)20/h2-8,10H,9H2,1H3,(H,22,23). The van der Waals surface area contributed by atoms with Gasteiger partial charge in [0.15, 0.2) is 0 Å². The molecule has 1 N–H and O–H groups in total. The second-order valence-electron chi connectivity index (χ2n) is 5.31. The predicted molar refractivity (Wildman–Crippen MR) is 87.2 cm³/mol. The summed E-state index contributed by atoms with van der Waals surface area (Å²) >= 11 is 0. The van der Waals surface area contributed by atoms with Gasteiger partial charge in [-0.1, -0.05) is 12.1 Å². The molecule has 0 aliphatic carbocycles. The van der Waals surface area contributed by atoms with E-state index in [2.05, 4.69) is 0 Å². The molecule has 0 spiro atoms. The molecular formula is C18H14FNO4. The van der Waals surface area contributed by atoms with Crippen LogP contribution in [0.25, 0.3) is 10.9 Å². The van der Waals surface area contributed by atoms with Crippen LogP contribution in [0.3, 0.4) is 0 Å². The van der Waals surface area contributed by atoms with Crippen LogP contribution in [-0.2, 0) is 6.54 Å². The number of pyridine rings is 1. The summed E-state index contributed by atoms with van der Waals surface area (Å²) in [7, 11) is 1.57. The summed E-state index contributed by atoms with van der Waals surface area (Å²) in [6, 6.07) is 11.0. The summed E-state index contributed by atoms with van der Waals surface area (Å²) in [5.74, 6) is -1.22. The predicted octanol–water partition coefficient (Wildman–Crippen LogP) is 2.90. The number of nitrogens with zero attached hydrogens (tertiary/aromatic N) is 1. The number of aromatic nitrogens is 1. The smallest absolute Gasteiger partial charge is 0.341 e. The number of carboxylic acid groups (broad SMARTS) is 1. The first-order valence-electron chi connectivity index (χ1n) is 7.18. The molecule has 0 amide bonds. The van der Waals surface area contributed by atoms with Gasteiger partial charge in [0.25, 0.3) is 0 Å². The molecule has 0 atom stereocenters. The number of hydrogen-bond acceptors (Lipinski definition) is 3. The van der Waals surface area contributed by atoms with Gasteiger partial charge in [-0.15, -0.1) is 0 Å². The Kier molecular flexibility index (Phi) is 4.04. The Morgan fingerprint density at radius 3 is 2.54 bits per heavy atom. The summed E-state index contributed by atoms with van der Waals surface area (Å²) in [5, 5.41) is 9.27. The van der Waals surface area contributed by atoms with Gasteiger partial charge in [-0.25, -0.2) is 9.18 Å². The highest BCUT2D eigenvalue weighted by molar-refractivity contribution is 5.92. The molecule has 0 unspecified atom stereocenters. The number of carbonyl (C=O) groups is 1. The van der Waals surface area contributed by atoms with E-state index in [1.54, 1.807) is 23.8 Å². The van der Waals surface area contributed by atoms with Crippen molar-refractivity contribution in [2.24, 2.45) is 0 Å². The molecule has 1 heterocycles. The van der Waals surface area contributed by atoms with Crippen molar-refractivity contribution in [1.29, 1.82) is 0 Å². The van der Waals surface area contributed by atoms with Crippen molar-refractivity contribution in [3.05, 3.63) is 75.8 Å². The Labute approximate surface area is 136 Å². The van der Waals surface area contributed by atoms with Crippen molar-refractivity contribution in [2.75, 3.05) is 7.11 Å². The molecular weight excluding hydrogens is 313 g/mol. The zero-order valence-electron chi connectivity index (χ0n) is 12.8. The van der Waals surface area contributed by atoms with Crippen LogP contribution in [0, 0.1) is 5.82 Å². The van der Waals surface area contributed by atoms with Crippen molar-refractivity contribution in [2.45, 2.75) is 6.54 Å². The van der Waals surface area contributed by atoms with E-state index in [-0.39, 0.29) is 10.9 Å². The lowest BCUT2D eigenvalue weighted by Gasteiger charge is -2.13. The summed E-state index contributed by atoms with van der Waals surface area (Å²) in [4.78, 5) is 23.5. The maximum atomic E-state index is 13.5. The number of ether oxygens (including phenoxy) is 1. The quantitative estimate of drug-likeness (QED) is 0.800. The number of carboxylic acids is 1. The minimum atomic E-state index is -1.34. The van der Waals surface area contributed by atoms with Crippen LogP contribution in [0.4, 0.5) is 4.39 Å². The van der Waals surface area contributed by atoms with Gasteiger partial charge in [0.05, 0.1) is 12.6 Å². The highest BCUT2D eigenvalue weighted by Gasteiger charge is 2.15. The molecule has 0 bridgehead atoms.